The van der Waals surface area contributed by atoms with E-state index in [0.29, 0.717) is 22.5 Å². The number of azo groups is 1. The number of benzene rings is 4. The third kappa shape index (κ3) is 3.36. The number of rotatable bonds is 4. The van der Waals surface area contributed by atoms with Crippen LogP contribution in [0.15, 0.2) is 107 Å². The van der Waals surface area contributed by atoms with Gasteiger partial charge in [0, 0.05) is 16.5 Å². The SMILES string of the molecule is Oc1ccc2ccccc2c1N=Nc1n[nH]c2nnc(-c3ccccc3)c(-c3ccccc3)c12. The van der Waals surface area contributed by atoms with Gasteiger partial charge in [0.2, 0.25) is 5.82 Å². The van der Waals surface area contributed by atoms with Gasteiger partial charge < -0.3 is 5.11 Å². The van der Waals surface area contributed by atoms with E-state index in [1.807, 2.05) is 91.0 Å². The Morgan fingerprint density at radius 1 is 0.676 bits per heavy atom. The molecule has 7 heteroatoms. The van der Waals surface area contributed by atoms with Crippen LogP contribution in [-0.2, 0) is 0 Å². The third-order valence-corrected chi connectivity index (χ3v) is 5.70. The van der Waals surface area contributed by atoms with E-state index >= 15 is 0 Å². The van der Waals surface area contributed by atoms with Crippen molar-refractivity contribution in [2.24, 2.45) is 10.2 Å². The van der Waals surface area contributed by atoms with Gasteiger partial charge in [0.15, 0.2) is 5.65 Å². The molecule has 0 bridgehead atoms. The maximum absolute atomic E-state index is 10.5. The molecule has 0 radical (unpaired) electrons. The molecule has 162 valence electrons. The quantitative estimate of drug-likeness (QED) is 0.288. The summed E-state index contributed by atoms with van der Waals surface area (Å²) in [6, 6.07) is 31.0. The van der Waals surface area contributed by atoms with Crippen molar-refractivity contribution in [1.82, 2.24) is 20.4 Å². The Kier molecular flexibility index (Phi) is 4.77. The van der Waals surface area contributed by atoms with Gasteiger partial charge in [0.1, 0.15) is 17.1 Å². The highest BCUT2D eigenvalue weighted by Gasteiger charge is 2.20. The first-order chi connectivity index (χ1) is 16.8. The van der Waals surface area contributed by atoms with Gasteiger partial charge in [-0.25, -0.2) is 0 Å². The van der Waals surface area contributed by atoms with Gasteiger partial charge in [-0.05, 0) is 17.0 Å². The fourth-order valence-electron chi connectivity index (χ4n) is 4.10. The molecule has 6 aromatic rings. The lowest BCUT2D eigenvalue weighted by Crippen LogP contribution is -1.94. The normalized spacial score (nSPS) is 11.5. The Labute approximate surface area is 194 Å². The molecule has 0 amide bonds. The third-order valence-electron chi connectivity index (χ3n) is 5.70. The second-order valence-corrected chi connectivity index (χ2v) is 7.78. The molecule has 0 aliphatic rings. The van der Waals surface area contributed by atoms with Crippen LogP contribution in [0.1, 0.15) is 0 Å². The topological polar surface area (TPSA) is 99.4 Å². The average Bonchev–Trinajstić information content (AvgIpc) is 3.31. The zero-order valence-corrected chi connectivity index (χ0v) is 17.9. The fraction of sp³-hybridized carbons (Fsp3) is 0. The molecular weight excluding hydrogens is 424 g/mol. The molecule has 0 saturated heterocycles. The lowest BCUT2D eigenvalue weighted by molar-refractivity contribution is 0.477. The molecular formula is C27H18N6O. The van der Waals surface area contributed by atoms with Crippen molar-refractivity contribution < 1.29 is 5.11 Å². The van der Waals surface area contributed by atoms with Gasteiger partial charge in [-0.2, -0.15) is 5.10 Å². The largest absolute Gasteiger partial charge is 0.506 e. The second-order valence-electron chi connectivity index (χ2n) is 7.78. The molecule has 2 aromatic heterocycles. The van der Waals surface area contributed by atoms with Crippen molar-refractivity contribution in [2.45, 2.75) is 0 Å². The summed E-state index contributed by atoms with van der Waals surface area (Å²) in [7, 11) is 0. The maximum Gasteiger partial charge on any atom is 0.205 e. The zero-order valence-electron chi connectivity index (χ0n) is 17.9. The Bertz CT molecular complexity index is 1660. The van der Waals surface area contributed by atoms with E-state index in [9.17, 15) is 5.11 Å². The zero-order chi connectivity index (χ0) is 22.9. The Morgan fingerprint density at radius 2 is 1.38 bits per heavy atom. The van der Waals surface area contributed by atoms with Crippen LogP contribution in [-0.4, -0.2) is 25.5 Å². The first-order valence-electron chi connectivity index (χ1n) is 10.8. The summed E-state index contributed by atoms with van der Waals surface area (Å²) in [5.41, 5.74) is 4.39. The lowest BCUT2D eigenvalue weighted by atomic mass is 9.97. The molecule has 6 rings (SSSR count). The highest BCUT2D eigenvalue weighted by molar-refractivity contribution is 6.04. The predicted octanol–water partition coefficient (Wildman–Crippen LogP) is 6.96. The van der Waals surface area contributed by atoms with Crippen LogP contribution in [0, 0.1) is 0 Å². The number of aromatic hydroxyl groups is 1. The first-order valence-corrected chi connectivity index (χ1v) is 10.8. The predicted molar refractivity (Wildman–Crippen MR) is 132 cm³/mol. The van der Waals surface area contributed by atoms with Crippen molar-refractivity contribution in [3.63, 3.8) is 0 Å². The summed E-state index contributed by atoms with van der Waals surface area (Å²) in [6.45, 7) is 0. The van der Waals surface area contributed by atoms with Crippen LogP contribution >= 0.6 is 0 Å². The number of hydrogen-bond acceptors (Lipinski definition) is 6. The van der Waals surface area contributed by atoms with Gasteiger partial charge in [0.05, 0.1) is 5.39 Å². The van der Waals surface area contributed by atoms with E-state index in [2.05, 4.69) is 30.6 Å². The molecule has 4 aromatic carbocycles. The van der Waals surface area contributed by atoms with E-state index < -0.39 is 0 Å². The number of H-pyrrole nitrogens is 1. The number of phenols is 1. The van der Waals surface area contributed by atoms with Crippen molar-refractivity contribution in [3.8, 4) is 28.1 Å². The monoisotopic (exact) mass is 442 g/mol. The lowest BCUT2D eigenvalue weighted by Gasteiger charge is -2.10. The van der Waals surface area contributed by atoms with Gasteiger partial charge in [0.25, 0.3) is 0 Å². The maximum atomic E-state index is 10.5. The van der Waals surface area contributed by atoms with E-state index in [0.717, 1.165) is 33.2 Å². The molecule has 0 unspecified atom stereocenters. The summed E-state index contributed by atoms with van der Waals surface area (Å²) >= 11 is 0. The van der Waals surface area contributed by atoms with E-state index in [4.69, 9.17) is 0 Å². The standard InChI is InChI=1S/C27H18N6O/c34-21-16-15-17-9-7-8-14-20(17)25(21)29-31-27-23-22(18-10-3-1-4-11-18)24(19-12-5-2-6-13-19)28-30-26(23)32-33-27/h1-16,34H,(H,30,32,33). The molecule has 2 heterocycles. The van der Waals surface area contributed by atoms with Crippen LogP contribution in [0.3, 0.4) is 0 Å². The Hall–Kier alpha value is -4.91. The number of phenolic OH excluding ortho intramolecular Hbond substituents is 1. The summed E-state index contributed by atoms with van der Waals surface area (Å²) in [5, 5.41) is 38.0. The summed E-state index contributed by atoms with van der Waals surface area (Å²) in [6.07, 6.45) is 0. The van der Waals surface area contributed by atoms with Crippen molar-refractivity contribution >= 4 is 33.3 Å². The summed E-state index contributed by atoms with van der Waals surface area (Å²) in [4.78, 5) is 0. The van der Waals surface area contributed by atoms with Crippen LogP contribution in [0.5, 0.6) is 5.75 Å². The molecule has 2 N–H and O–H groups in total. The van der Waals surface area contributed by atoms with Crippen LogP contribution in [0.4, 0.5) is 11.5 Å². The number of hydrogen-bond donors (Lipinski definition) is 2. The Morgan fingerprint density at radius 3 is 2.18 bits per heavy atom. The van der Waals surface area contributed by atoms with Crippen molar-refractivity contribution in [2.75, 3.05) is 0 Å². The van der Waals surface area contributed by atoms with Crippen LogP contribution in [0.2, 0.25) is 0 Å². The van der Waals surface area contributed by atoms with Crippen LogP contribution in [0.25, 0.3) is 44.2 Å². The van der Waals surface area contributed by atoms with Gasteiger partial charge in [-0.3, -0.25) is 5.10 Å². The fourth-order valence-corrected chi connectivity index (χ4v) is 4.10. The minimum absolute atomic E-state index is 0.0512. The van der Waals surface area contributed by atoms with Gasteiger partial charge in [-0.15, -0.1) is 20.4 Å². The smallest absolute Gasteiger partial charge is 0.205 e. The average molecular weight is 442 g/mol. The second kappa shape index (κ2) is 8.22. The van der Waals surface area contributed by atoms with Crippen molar-refractivity contribution in [3.05, 3.63) is 97.1 Å². The molecule has 0 fully saturated rings. The summed E-state index contributed by atoms with van der Waals surface area (Å²) < 4.78 is 0. The number of nitrogens with one attached hydrogen (secondary N) is 1. The number of aromatic nitrogens is 4. The minimum atomic E-state index is 0.0512. The van der Waals surface area contributed by atoms with E-state index in [1.165, 1.54) is 0 Å². The number of aromatic amines is 1. The number of fused-ring (bicyclic) bond motifs is 2. The van der Waals surface area contributed by atoms with Gasteiger partial charge in [-0.1, -0.05) is 91.0 Å². The molecule has 0 saturated carbocycles. The molecule has 0 spiro atoms. The van der Waals surface area contributed by atoms with E-state index in [-0.39, 0.29) is 5.75 Å². The number of nitrogens with zero attached hydrogens (tertiary/aromatic N) is 5. The molecule has 34 heavy (non-hydrogen) atoms. The van der Waals surface area contributed by atoms with Gasteiger partial charge >= 0.3 is 0 Å². The molecule has 0 aliphatic heterocycles. The summed E-state index contributed by atoms with van der Waals surface area (Å²) in [5.74, 6) is 0.420. The van der Waals surface area contributed by atoms with Crippen molar-refractivity contribution in [1.29, 1.82) is 0 Å². The highest BCUT2D eigenvalue weighted by atomic mass is 16.3. The van der Waals surface area contributed by atoms with E-state index in [1.54, 1.807) is 6.07 Å². The Balaban J connectivity index is 1.59. The highest BCUT2D eigenvalue weighted by Crippen LogP contribution is 2.41. The molecule has 7 nitrogen and oxygen atoms in total. The minimum Gasteiger partial charge on any atom is -0.506 e. The molecule has 0 aliphatic carbocycles. The first kappa shape index (κ1) is 19.8. The molecule has 0 atom stereocenters. The van der Waals surface area contributed by atoms with Crippen LogP contribution < -0.4 is 0 Å².